The van der Waals surface area contributed by atoms with Crippen LogP contribution < -0.4 is 5.32 Å². The molecule has 2 fully saturated rings. The zero-order valence-electron chi connectivity index (χ0n) is 21.2. The van der Waals surface area contributed by atoms with Crippen LogP contribution in [0.1, 0.15) is 51.5 Å². The normalized spacial score (nSPS) is 21.8. The van der Waals surface area contributed by atoms with Crippen LogP contribution in [0.15, 0.2) is 66.7 Å². The van der Waals surface area contributed by atoms with Gasteiger partial charge in [-0.15, -0.1) is 0 Å². The minimum Gasteiger partial charge on any atom is -0.322 e. The average Bonchev–Trinajstić information content (AvgIpc) is 3.44. The maximum atomic E-state index is 13.0. The number of nitrogens with zero attached hydrogens (tertiary/aromatic N) is 3. The first-order chi connectivity index (χ1) is 18.6. The van der Waals surface area contributed by atoms with Crippen molar-refractivity contribution in [1.29, 1.82) is 0 Å². The molecule has 7 nitrogen and oxygen atoms in total. The number of benzene rings is 3. The Hall–Kier alpha value is -3.81. The van der Waals surface area contributed by atoms with Crippen LogP contribution in [0.3, 0.4) is 0 Å². The van der Waals surface area contributed by atoms with Gasteiger partial charge < -0.3 is 4.90 Å². The maximum absolute atomic E-state index is 13.0. The molecule has 38 heavy (non-hydrogen) atoms. The summed E-state index contributed by atoms with van der Waals surface area (Å²) >= 11 is 0. The van der Waals surface area contributed by atoms with Crippen LogP contribution in [0.4, 0.5) is 0 Å². The first kappa shape index (κ1) is 23.3. The Morgan fingerprint density at radius 3 is 2.16 bits per heavy atom. The van der Waals surface area contributed by atoms with Crippen molar-refractivity contribution in [1.82, 2.24) is 20.0 Å². The summed E-state index contributed by atoms with van der Waals surface area (Å²) in [5.41, 5.74) is 8.35. The number of nitrogens with one attached hydrogen (secondary N) is 1. The highest BCUT2D eigenvalue weighted by molar-refractivity contribution is 6.05. The van der Waals surface area contributed by atoms with Gasteiger partial charge in [0, 0.05) is 51.3 Å². The van der Waals surface area contributed by atoms with E-state index in [2.05, 4.69) is 69.7 Å². The van der Waals surface area contributed by atoms with Crippen molar-refractivity contribution in [2.24, 2.45) is 0 Å². The lowest BCUT2D eigenvalue weighted by Crippen LogP contribution is -2.52. The monoisotopic (exact) mass is 506 g/mol. The summed E-state index contributed by atoms with van der Waals surface area (Å²) in [6.07, 6.45) is 0.656. The molecule has 1 atom stereocenters. The lowest BCUT2D eigenvalue weighted by molar-refractivity contribution is -0.136. The Balaban J connectivity index is 1.02. The van der Waals surface area contributed by atoms with E-state index in [9.17, 15) is 14.4 Å². The first-order valence-electron chi connectivity index (χ1n) is 13.5. The average molecular weight is 507 g/mol. The predicted molar refractivity (Wildman–Crippen MR) is 143 cm³/mol. The number of hydrogen-bond acceptors (Lipinski definition) is 5. The maximum Gasteiger partial charge on any atom is 0.255 e. The number of fused-ring (bicyclic) bond motifs is 4. The third-order valence-electron chi connectivity index (χ3n) is 8.57. The summed E-state index contributed by atoms with van der Waals surface area (Å²) in [5.74, 6) is -0.751. The van der Waals surface area contributed by atoms with Gasteiger partial charge >= 0.3 is 0 Å². The van der Waals surface area contributed by atoms with Crippen molar-refractivity contribution < 1.29 is 14.4 Å². The minimum absolute atomic E-state index is 0.119. The van der Waals surface area contributed by atoms with Crippen molar-refractivity contribution in [3.05, 3.63) is 94.5 Å². The van der Waals surface area contributed by atoms with Gasteiger partial charge in [-0.25, -0.2) is 0 Å². The topological polar surface area (TPSA) is 73.0 Å². The summed E-state index contributed by atoms with van der Waals surface area (Å²) in [6.45, 7) is 5.23. The van der Waals surface area contributed by atoms with Gasteiger partial charge in [0.2, 0.25) is 11.8 Å². The molecular weight excluding hydrogens is 476 g/mol. The van der Waals surface area contributed by atoms with Crippen LogP contribution in [0.2, 0.25) is 0 Å². The highest BCUT2D eigenvalue weighted by Crippen LogP contribution is 2.46. The Labute approximate surface area is 222 Å². The predicted octanol–water partition coefficient (Wildman–Crippen LogP) is 3.34. The molecule has 192 valence electrons. The van der Waals surface area contributed by atoms with Crippen molar-refractivity contribution in [2.75, 3.05) is 26.2 Å². The Kier molecular flexibility index (Phi) is 5.64. The molecule has 1 N–H and O–H groups in total. The summed E-state index contributed by atoms with van der Waals surface area (Å²) in [7, 11) is 0. The number of carbonyl (C=O) groups is 3. The molecule has 0 saturated carbocycles. The second-order valence-corrected chi connectivity index (χ2v) is 10.8. The molecule has 3 aliphatic heterocycles. The molecule has 0 aromatic heterocycles. The molecule has 2 saturated heterocycles. The molecule has 0 bridgehead atoms. The number of imide groups is 1. The van der Waals surface area contributed by atoms with E-state index in [-0.39, 0.29) is 24.1 Å². The molecule has 4 aliphatic rings. The van der Waals surface area contributed by atoms with E-state index in [1.807, 2.05) is 12.1 Å². The third kappa shape index (κ3) is 3.85. The second kappa shape index (κ2) is 9.19. The van der Waals surface area contributed by atoms with Crippen molar-refractivity contribution in [2.45, 2.75) is 38.0 Å². The standard InChI is InChI=1S/C31H30N4O3/c36-28-12-11-27(30(37)32-28)35-19-21-17-20(9-10-22(21)31(35)38)18-33-13-15-34(16-14-33)29-25-7-3-1-5-23(25)24-6-2-4-8-26(24)29/h1-10,17,27,29H,11-16,18-19H2,(H,32,36,37). The van der Waals surface area contributed by atoms with E-state index in [1.54, 1.807) is 4.90 Å². The van der Waals surface area contributed by atoms with Crippen molar-refractivity contribution >= 4 is 17.7 Å². The Morgan fingerprint density at radius 2 is 1.47 bits per heavy atom. The first-order valence-corrected chi connectivity index (χ1v) is 13.5. The molecule has 3 heterocycles. The van der Waals surface area contributed by atoms with Crippen LogP contribution in [0, 0.1) is 0 Å². The van der Waals surface area contributed by atoms with E-state index in [1.165, 1.54) is 27.8 Å². The third-order valence-corrected chi connectivity index (χ3v) is 8.57. The lowest BCUT2D eigenvalue weighted by atomic mass is 10.0. The fourth-order valence-electron chi connectivity index (χ4n) is 6.69. The van der Waals surface area contributed by atoms with E-state index >= 15 is 0 Å². The zero-order valence-corrected chi connectivity index (χ0v) is 21.2. The van der Waals surface area contributed by atoms with Crippen LogP contribution in [-0.4, -0.2) is 64.6 Å². The van der Waals surface area contributed by atoms with Crippen LogP contribution in [0.5, 0.6) is 0 Å². The Morgan fingerprint density at radius 1 is 0.789 bits per heavy atom. The molecule has 7 rings (SSSR count). The quantitative estimate of drug-likeness (QED) is 0.550. The van der Waals surface area contributed by atoms with Gasteiger partial charge in [-0.05, 0) is 45.9 Å². The number of piperazine rings is 1. The summed E-state index contributed by atoms with van der Waals surface area (Å²) in [4.78, 5) is 43.6. The molecule has 3 aromatic carbocycles. The van der Waals surface area contributed by atoms with Crippen LogP contribution >= 0.6 is 0 Å². The fraction of sp³-hybridized carbons (Fsp3) is 0.323. The van der Waals surface area contributed by atoms with Crippen molar-refractivity contribution in [3.63, 3.8) is 0 Å². The van der Waals surface area contributed by atoms with Gasteiger partial charge in [0.1, 0.15) is 6.04 Å². The number of amides is 3. The molecule has 1 unspecified atom stereocenters. The minimum atomic E-state index is -0.574. The second-order valence-electron chi connectivity index (χ2n) is 10.8. The van der Waals surface area contributed by atoms with Crippen LogP contribution in [0.25, 0.3) is 11.1 Å². The summed E-state index contributed by atoms with van der Waals surface area (Å²) in [5, 5.41) is 2.37. The highest BCUT2D eigenvalue weighted by Gasteiger charge is 2.39. The molecular formula is C31H30N4O3. The van der Waals surface area contributed by atoms with Crippen LogP contribution in [-0.2, 0) is 22.7 Å². The lowest BCUT2D eigenvalue weighted by Gasteiger charge is -2.38. The van der Waals surface area contributed by atoms with Gasteiger partial charge in [-0.3, -0.25) is 29.5 Å². The van der Waals surface area contributed by atoms with Gasteiger partial charge in [-0.1, -0.05) is 60.7 Å². The molecule has 0 radical (unpaired) electrons. The van der Waals surface area contributed by atoms with Gasteiger partial charge in [0.25, 0.3) is 5.91 Å². The molecule has 3 amide bonds. The van der Waals surface area contributed by atoms with Gasteiger partial charge in [-0.2, -0.15) is 0 Å². The van der Waals surface area contributed by atoms with E-state index in [4.69, 9.17) is 0 Å². The Bertz CT molecular complexity index is 1410. The number of piperidine rings is 1. The van der Waals surface area contributed by atoms with Gasteiger partial charge in [0.15, 0.2) is 0 Å². The van der Waals surface area contributed by atoms with Crippen molar-refractivity contribution in [3.8, 4) is 11.1 Å². The van der Waals surface area contributed by atoms with Gasteiger partial charge in [0.05, 0.1) is 6.04 Å². The SMILES string of the molecule is O=C1CCC(N2Cc3cc(CN4CCN(C5c6ccccc6-c6ccccc65)CC4)ccc3C2=O)C(=O)N1. The molecule has 0 spiro atoms. The number of hydrogen-bond donors (Lipinski definition) is 1. The van der Waals surface area contributed by atoms with E-state index < -0.39 is 6.04 Å². The van der Waals surface area contributed by atoms with E-state index in [0.29, 0.717) is 24.6 Å². The number of carbonyl (C=O) groups excluding carboxylic acids is 3. The summed E-state index contributed by atoms with van der Waals surface area (Å²) < 4.78 is 0. The summed E-state index contributed by atoms with van der Waals surface area (Å²) in [6, 6.07) is 23.4. The molecule has 7 heteroatoms. The fourth-order valence-corrected chi connectivity index (χ4v) is 6.69. The largest absolute Gasteiger partial charge is 0.322 e. The molecule has 1 aliphatic carbocycles. The van der Waals surface area contributed by atoms with E-state index in [0.717, 1.165) is 38.3 Å². The highest BCUT2D eigenvalue weighted by atomic mass is 16.2. The smallest absolute Gasteiger partial charge is 0.255 e. The zero-order chi connectivity index (χ0) is 25.8. The number of rotatable bonds is 4. The molecule has 3 aromatic rings.